The zero-order chi connectivity index (χ0) is 18.5. The number of rotatable bonds is 6. The fraction of sp³-hybridized carbons (Fsp3) is 0.158. The van der Waals surface area contributed by atoms with Gasteiger partial charge in [-0.15, -0.1) is 0 Å². The van der Waals surface area contributed by atoms with Crippen LogP contribution in [0.2, 0.25) is 5.02 Å². The Balaban J connectivity index is 1.76. The van der Waals surface area contributed by atoms with E-state index in [4.69, 9.17) is 16.3 Å². The standard InChI is InChI=1S/C19H17ClFN3O2/c1-2-26-17-9-4-3-8-15(17)19(25)22-18-16(20)12-24(23-18)11-13-6-5-7-14(21)10-13/h3-10,12H,2,11H2,1H3,(H,22,23,25). The molecule has 7 heteroatoms. The van der Waals surface area contributed by atoms with Crippen LogP contribution in [0, 0.1) is 5.82 Å². The van der Waals surface area contributed by atoms with E-state index in [9.17, 15) is 9.18 Å². The summed E-state index contributed by atoms with van der Waals surface area (Å²) >= 11 is 6.17. The van der Waals surface area contributed by atoms with Crippen molar-refractivity contribution < 1.29 is 13.9 Å². The minimum absolute atomic E-state index is 0.236. The number of anilines is 1. The average Bonchev–Trinajstić information content (AvgIpc) is 2.94. The summed E-state index contributed by atoms with van der Waals surface area (Å²) in [4.78, 5) is 12.5. The molecule has 1 aromatic heterocycles. The Morgan fingerprint density at radius 3 is 2.85 bits per heavy atom. The molecule has 3 rings (SSSR count). The highest BCUT2D eigenvalue weighted by Crippen LogP contribution is 2.23. The number of nitrogens with one attached hydrogen (secondary N) is 1. The van der Waals surface area contributed by atoms with E-state index in [1.54, 1.807) is 47.3 Å². The first kappa shape index (κ1) is 17.9. The van der Waals surface area contributed by atoms with Crippen LogP contribution < -0.4 is 10.1 Å². The van der Waals surface area contributed by atoms with Gasteiger partial charge in [-0.25, -0.2) is 4.39 Å². The summed E-state index contributed by atoms with van der Waals surface area (Å²) in [5.74, 6) is 0.0379. The number of nitrogens with zero attached hydrogens (tertiary/aromatic N) is 2. The molecule has 0 aliphatic rings. The monoisotopic (exact) mass is 373 g/mol. The Morgan fingerprint density at radius 2 is 2.08 bits per heavy atom. The molecule has 1 amide bonds. The molecule has 2 aromatic carbocycles. The van der Waals surface area contributed by atoms with Gasteiger partial charge in [0.15, 0.2) is 5.82 Å². The molecule has 3 aromatic rings. The van der Waals surface area contributed by atoms with Gasteiger partial charge in [0, 0.05) is 6.20 Å². The van der Waals surface area contributed by atoms with E-state index >= 15 is 0 Å². The molecule has 0 saturated heterocycles. The maximum atomic E-state index is 13.3. The highest BCUT2D eigenvalue weighted by Gasteiger charge is 2.16. The molecule has 134 valence electrons. The summed E-state index contributed by atoms with van der Waals surface area (Å²) in [6, 6.07) is 13.1. The second-order valence-corrected chi connectivity index (χ2v) is 5.94. The average molecular weight is 374 g/mol. The third-order valence-corrected chi connectivity index (χ3v) is 3.89. The highest BCUT2D eigenvalue weighted by molar-refractivity contribution is 6.33. The van der Waals surface area contributed by atoms with Crippen LogP contribution >= 0.6 is 11.6 Å². The third-order valence-electron chi connectivity index (χ3n) is 3.61. The van der Waals surface area contributed by atoms with Gasteiger partial charge in [-0.05, 0) is 36.8 Å². The van der Waals surface area contributed by atoms with Gasteiger partial charge < -0.3 is 10.1 Å². The fourth-order valence-electron chi connectivity index (χ4n) is 2.50. The fourth-order valence-corrected chi connectivity index (χ4v) is 2.69. The van der Waals surface area contributed by atoms with Gasteiger partial charge in [0.2, 0.25) is 0 Å². The SMILES string of the molecule is CCOc1ccccc1C(=O)Nc1nn(Cc2cccc(F)c2)cc1Cl. The van der Waals surface area contributed by atoms with Crippen LogP contribution in [0.3, 0.4) is 0 Å². The number of hydrogen-bond acceptors (Lipinski definition) is 3. The molecule has 0 aliphatic heterocycles. The van der Waals surface area contributed by atoms with Crippen molar-refractivity contribution in [2.45, 2.75) is 13.5 Å². The van der Waals surface area contributed by atoms with Crippen molar-refractivity contribution in [3.8, 4) is 5.75 Å². The molecule has 0 aliphatic carbocycles. The van der Waals surface area contributed by atoms with Crippen LogP contribution in [0.5, 0.6) is 5.75 Å². The molecule has 5 nitrogen and oxygen atoms in total. The normalized spacial score (nSPS) is 10.6. The molecule has 26 heavy (non-hydrogen) atoms. The molecular weight excluding hydrogens is 357 g/mol. The molecule has 0 fully saturated rings. The van der Waals surface area contributed by atoms with Gasteiger partial charge >= 0.3 is 0 Å². The Bertz CT molecular complexity index is 927. The minimum Gasteiger partial charge on any atom is -0.493 e. The largest absolute Gasteiger partial charge is 0.493 e. The van der Waals surface area contributed by atoms with Crippen LogP contribution in [-0.4, -0.2) is 22.3 Å². The molecule has 0 spiro atoms. The van der Waals surface area contributed by atoms with Crippen molar-refractivity contribution in [1.82, 2.24) is 9.78 Å². The molecule has 1 N–H and O–H groups in total. The zero-order valence-corrected chi connectivity index (χ0v) is 14.8. The number of carbonyl (C=O) groups is 1. The van der Waals surface area contributed by atoms with Gasteiger partial charge in [0.1, 0.15) is 16.6 Å². The number of hydrogen-bond donors (Lipinski definition) is 1. The minimum atomic E-state index is -0.369. The Hall–Kier alpha value is -2.86. The number of aromatic nitrogens is 2. The van der Waals surface area contributed by atoms with E-state index in [1.807, 2.05) is 6.92 Å². The van der Waals surface area contributed by atoms with Gasteiger partial charge in [-0.3, -0.25) is 9.48 Å². The summed E-state index contributed by atoms with van der Waals surface area (Å²) in [5, 5.41) is 7.25. The van der Waals surface area contributed by atoms with E-state index in [1.165, 1.54) is 12.1 Å². The summed E-state index contributed by atoms with van der Waals surface area (Å²) in [6.45, 7) is 2.63. The number of benzene rings is 2. The summed E-state index contributed by atoms with van der Waals surface area (Å²) in [6.07, 6.45) is 1.58. The van der Waals surface area contributed by atoms with Crippen LogP contribution in [0.25, 0.3) is 0 Å². The molecule has 1 heterocycles. The van der Waals surface area contributed by atoms with Gasteiger partial charge in [-0.1, -0.05) is 35.9 Å². The first-order valence-electron chi connectivity index (χ1n) is 8.07. The third kappa shape index (κ3) is 4.21. The number of halogens is 2. The van der Waals surface area contributed by atoms with E-state index < -0.39 is 0 Å². The highest BCUT2D eigenvalue weighted by atomic mass is 35.5. The van der Waals surface area contributed by atoms with Crippen molar-refractivity contribution in [2.75, 3.05) is 11.9 Å². The summed E-state index contributed by atoms with van der Waals surface area (Å²) < 4.78 is 20.3. The first-order valence-corrected chi connectivity index (χ1v) is 8.45. The molecular formula is C19H17ClFN3O2. The van der Waals surface area contributed by atoms with Crippen molar-refractivity contribution >= 4 is 23.3 Å². The smallest absolute Gasteiger partial charge is 0.260 e. The number of ether oxygens (including phenoxy) is 1. The van der Waals surface area contributed by atoms with E-state index in [2.05, 4.69) is 10.4 Å². The van der Waals surface area contributed by atoms with Crippen LogP contribution in [0.4, 0.5) is 10.2 Å². The van der Waals surface area contributed by atoms with E-state index in [0.29, 0.717) is 29.5 Å². The Morgan fingerprint density at radius 1 is 1.27 bits per heavy atom. The van der Waals surface area contributed by atoms with Crippen molar-refractivity contribution in [3.63, 3.8) is 0 Å². The van der Waals surface area contributed by atoms with E-state index in [0.717, 1.165) is 5.56 Å². The second-order valence-electron chi connectivity index (χ2n) is 5.54. The lowest BCUT2D eigenvalue weighted by atomic mass is 10.2. The topological polar surface area (TPSA) is 56.1 Å². The molecule has 0 saturated carbocycles. The molecule has 0 atom stereocenters. The van der Waals surface area contributed by atoms with Crippen LogP contribution in [0.15, 0.2) is 54.7 Å². The van der Waals surface area contributed by atoms with Gasteiger partial charge in [0.05, 0.1) is 18.7 Å². The second kappa shape index (κ2) is 8.01. The zero-order valence-electron chi connectivity index (χ0n) is 14.1. The predicted molar refractivity (Wildman–Crippen MR) is 98.3 cm³/mol. The number of amides is 1. The summed E-state index contributed by atoms with van der Waals surface area (Å²) in [7, 11) is 0. The lowest BCUT2D eigenvalue weighted by Gasteiger charge is -2.09. The molecule has 0 unspecified atom stereocenters. The maximum Gasteiger partial charge on any atom is 0.260 e. The van der Waals surface area contributed by atoms with Crippen molar-refractivity contribution in [1.29, 1.82) is 0 Å². The van der Waals surface area contributed by atoms with Crippen LogP contribution in [-0.2, 0) is 6.54 Å². The first-order chi connectivity index (χ1) is 12.6. The van der Waals surface area contributed by atoms with Gasteiger partial charge in [-0.2, -0.15) is 5.10 Å². The summed E-state index contributed by atoms with van der Waals surface area (Å²) in [5.41, 5.74) is 1.13. The quantitative estimate of drug-likeness (QED) is 0.697. The molecule has 0 radical (unpaired) electrons. The maximum absolute atomic E-state index is 13.3. The Labute approximate surface area is 155 Å². The van der Waals surface area contributed by atoms with Crippen LogP contribution in [0.1, 0.15) is 22.8 Å². The van der Waals surface area contributed by atoms with E-state index in [-0.39, 0.29) is 17.5 Å². The van der Waals surface area contributed by atoms with Gasteiger partial charge in [0.25, 0.3) is 5.91 Å². The van der Waals surface area contributed by atoms with Crippen molar-refractivity contribution in [2.24, 2.45) is 0 Å². The Kier molecular flexibility index (Phi) is 5.53. The lowest BCUT2D eigenvalue weighted by molar-refractivity contribution is 0.102. The number of carbonyl (C=O) groups excluding carboxylic acids is 1. The lowest BCUT2D eigenvalue weighted by Crippen LogP contribution is -2.14. The predicted octanol–water partition coefficient (Wildman–Crippen LogP) is 4.37. The number of para-hydroxylation sites is 1. The van der Waals surface area contributed by atoms with Crippen molar-refractivity contribution in [3.05, 3.63) is 76.7 Å². The molecule has 0 bridgehead atoms.